The molecule has 18 heavy (non-hydrogen) atoms. The minimum Gasteiger partial charge on any atom is -0.372 e. The van der Waals surface area contributed by atoms with Gasteiger partial charge in [-0.15, -0.1) is 10.2 Å². The zero-order chi connectivity index (χ0) is 13.2. The average Bonchev–Trinajstić information content (AvgIpc) is 2.69. The van der Waals surface area contributed by atoms with Gasteiger partial charge in [0.25, 0.3) is 5.91 Å². The summed E-state index contributed by atoms with van der Waals surface area (Å²) in [6, 6.07) is 3.67. The van der Waals surface area contributed by atoms with Crippen molar-refractivity contribution >= 4 is 11.7 Å². The average molecular weight is 248 g/mol. The van der Waals surface area contributed by atoms with Crippen LogP contribution >= 0.6 is 0 Å². The van der Waals surface area contributed by atoms with Gasteiger partial charge in [0.2, 0.25) is 0 Å². The Morgan fingerprint density at radius 2 is 2.17 bits per heavy atom. The molecule has 98 valence electrons. The highest BCUT2D eigenvalue weighted by atomic mass is 16.2. The van der Waals surface area contributed by atoms with Gasteiger partial charge in [-0.1, -0.05) is 20.3 Å². The zero-order valence-electron chi connectivity index (χ0n) is 11.2. The van der Waals surface area contributed by atoms with Crippen molar-refractivity contribution in [1.29, 1.82) is 0 Å². The second-order valence-corrected chi connectivity index (χ2v) is 5.46. The molecule has 5 heteroatoms. The van der Waals surface area contributed by atoms with E-state index in [2.05, 4.69) is 34.7 Å². The molecule has 1 unspecified atom stereocenters. The molecule has 5 nitrogen and oxygen atoms in total. The van der Waals surface area contributed by atoms with Crippen molar-refractivity contribution in [2.45, 2.75) is 39.2 Å². The summed E-state index contributed by atoms with van der Waals surface area (Å²) < 4.78 is 0. The predicted molar refractivity (Wildman–Crippen MR) is 70.5 cm³/mol. The first-order valence-electron chi connectivity index (χ1n) is 6.35. The molecule has 0 spiro atoms. The number of carbonyl (C=O) groups is 1. The number of anilines is 1. The Kier molecular flexibility index (Phi) is 3.50. The van der Waals surface area contributed by atoms with Gasteiger partial charge < -0.3 is 10.6 Å². The highest BCUT2D eigenvalue weighted by Gasteiger charge is 2.35. The van der Waals surface area contributed by atoms with Crippen LogP contribution in [0.2, 0.25) is 0 Å². The fourth-order valence-electron chi connectivity index (χ4n) is 2.41. The minimum atomic E-state index is -0.134. The van der Waals surface area contributed by atoms with Crippen molar-refractivity contribution in [2.75, 3.05) is 12.4 Å². The molecule has 1 aromatic rings. The van der Waals surface area contributed by atoms with E-state index in [0.29, 0.717) is 11.5 Å². The first-order chi connectivity index (χ1) is 8.53. The summed E-state index contributed by atoms with van der Waals surface area (Å²) in [5.74, 6) is 0.526. The minimum absolute atomic E-state index is 0.134. The van der Waals surface area contributed by atoms with E-state index in [1.807, 2.05) is 0 Å². The number of nitrogens with zero attached hydrogens (tertiary/aromatic N) is 2. The largest absolute Gasteiger partial charge is 0.372 e. The molecule has 0 aliphatic heterocycles. The van der Waals surface area contributed by atoms with E-state index in [-0.39, 0.29) is 17.4 Å². The molecule has 1 atom stereocenters. The second-order valence-electron chi connectivity index (χ2n) is 5.46. The van der Waals surface area contributed by atoms with E-state index >= 15 is 0 Å². The Labute approximate surface area is 107 Å². The molecular weight excluding hydrogens is 228 g/mol. The number of rotatable bonds is 3. The van der Waals surface area contributed by atoms with E-state index in [1.165, 1.54) is 6.42 Å². The first kappa shape index (κ1) is 12.8. The number of nitrogens with one attached hydrogen (secondary N) is 2. The third-order valence-corrected chi connectivity index (χ3v) is 3.72. The van der Waals surface area contributed by atoms with Gasteiger partial charge in [0, 0.05) is 13.1 Å². The lowest BCUT2D eigenvalue weighted by atomic mass is 9.87. The molecule has 1 aliphatic carbocycles. The molecule has 0 aromatic carbocycles. The van der Waals surface area contributed by atoms with E-state index < -0.39 is 0 Å². The predicted octanol–water partition coefficient (Wildman–Crippen LogP) is 1.83. The Morgan fingerprint density at radius 3 is 2.67 bits per heavy atom. The van der Waals surface area contributed by atoms with E-state index in [4.69, 9.17) is 0 Å². The number of hydrogen-bond donors (Lipinski definition) is 2. The van der Waals surface area contributed by atoms with Crippen LogP contribution in [0.5, 0.6) is 0 Å². The van der Waals surface area contributed by atoms with Gasteiger partial charge in [-0.2, -0.15) is 0 Å². The van der Waals surface area contributed by atoms with Crippen LogP contribution in [0.1, 0.15) is 43.6 Å². The third kappa shape index (κ3) is 2.60. The number of hydrogen-bond acceptors (Lipinski definition) is 4. The lowest BCUT2D eigenvalue weighted by Crippen LogP contribution is -2.41. The van der Waals surface area contributed by atoms with Crippen LogP contribution < -0.4 is 10.6 Å². The van der Waals surface area contributed by atoms with Crippen molar-refractivity contribution in [2.24, 2.45) is 5.41 Å². The standard InChI is InChI=1S/C13H20N4O/c1-13(2)8-4-5-10(13)15-12(18)9-6-7-11(14-3)17-16-9/h6-7,10H,4-5,8H2,1-3H3,(H,14,17)(H,15,18). The monoisotopic (exact) mass is 248 g/mol. The fourth-order valence-corrected chi connectivity index (χ4v) is 2.41. The van der Waals surface area contributed by atoms with Gasteiger partial charge >= 0.3 is 0 Å². The summed E-state index contributed by atoms with van der Waals surface area (Å²) >= 11 is 0. The SMILES string of the molecule is CNc1ccc(C(=O)NC2CCCC2(C)C)nn1. The van der Waals surface area contributed by atoms with Gasteiger partial charge in [0.05, 0.1) is 0 Å². The summed E-state index contributed by atoms with van der Waals surface area (Å²) in [5.41, 5.74) is 0.547. The van der Waals surface area contributed by atoms with Gasteiger partial charge in [0.1, 0.15) is 5.82 Å². The summed E-state index contributed by atoms with van der Waals surface area (Å²) in [4.78, 5) is 12.1. The smallest absolute Gasteiger partial charge is 0.272 e. The molecule has 0 radical (unpaired) electrons. The first-order valence-corrected chi connectivity index (χ1v) is 6.35. The summed E-state index contributed by atoms with van der Waals surface area (Å²) in [7, 11) is 1.77. The van der Waals surface area contributed by atoms with Crippen molar-refractivity contribution < 1.29 is 4.79 Å². The normalized spacial score (nSPS) is 21.6. The second kappa shape index (κ2) is 4.92. The number of aromatic nitrogens is 2. The van der Waals surface area contributed by atoms with Crippen molar-refractivity contribution in [3.05, 3.63) is 17.8 Å². The molecule has 2 N–H and O–H groups in total. The lowest BCUT2D eigenvalue weighted by Gasteiger charge is -2.27. The summed E-state index contributed by atoms with van der Waals surface area (Å²) in [6.07, 6.45) is 3.37. The van der Waals surface area contributed by atoms with Gasteiger partial charge in [-0.3, -0.25) is 4.79 Å². The molecule has 1 amide bonds. The summed E-state index contributed by atoms with van der Waals surface area (Å²) in [5, 5.41) is 13.8. The van der Waals surface area contributed by atoms with Gasteiger partial charge in [-0.25, -0.2) is 0 Å². The van der Waals surface area contributed by atoms with E-state index in [9.17, 15) is 4.79 Å². The quantitative estimate of drug-likeness (QED) is 0.856. The Hall–Kier alpha value is -1.65. The molecule has 1 heterocycles. The van der Waals surface area contributed by atoms with Crippen LogP contribution in [-0.4, -0.2) is 29.2 Å². The van der Waals surface area contributed by atoms with Crippen LogP contribution in [-0.2, 0) is 0 Å². The highest BCUT2D eigenvalue weighted by molar-refractivity contribution is 5.92. The molecule has 1 saturated carbocycles. The molecule has 1 fully saturated rings. The van der Waals surface area contributed by atoms with Crippen molar-refractivity contribution in [3.8, 4) is 0 Å². The molecule has 2 rings (SSSR count). The van der Waals surface area contributed by atoms with Crippen molar-refractivity contribution in [1.82, 2.24) is 15.5 Å². The van der Waals surface area contributed by atoms with Crippen LogP contribution in [0, 0.1) is 5.41 Å². The van der Waals surface area contributed by atoms with Crippen molar-refractivity contribution in [3.63, 3.8) is 0 Å². The molecule has 1 aliphatic rings. The maximum absolute atomic E-state index is 12.1. The Morgan fingerprint density at radius 1 is 1.39 bits per heavy atom. The van der Waals surface area contributed by atoms with E-state index in [1.54, 1.807) is 19.2 Å². The lowest BCUT2D eigenvalue weighted by molar-refractivity contribution is 0.0904. The zero-order valence-corrected chi connectivity index (χ0v) is 11.2. The molecule has 1 aromatic heterocycles. The Balaban J connectivity index is 2.03. The Bertz CT molecular complexity index is 427. The van der Waals surface area contributed by atoms with Gasteiger partial charge in [0.15, 0.2) is 5.69 Å². The highest BCUT2D eigenvalue weighted by Crippen LogP contribution is 2.37. The van der Waals surface area contributed by atoms with Crippen LogP contribution in [0.3, 0.4) is 0 Å². The van der Waals surface area contributed by atoms with Crippen LogP contribution in [0.15, 0.2) is 12.1 Å². The maximum Gasteiger partial charge on any atom is 0.272 e. The fraction of sp³-hybridized carbons (Fsp3) is 0.615. The summed E-state index contributed by atoms with van der Waals surface area (Å²) in [6.45, 7) is 4.39. The van der Waals surface area contributed by atoms with E-state index in [0.717, 1.165) is 12.8 Å². The topological polar surface area (TPSA) is 66.9 Å². The molecule has 0 saturated heterocycles. The third-order valence-electron chi connectivity index (χ3n) is 3.72. The van der Waals surface area contributed by atoms with Gasteiger partial charge in [-0.05, 0) is 30.4 Å². The molecular formula is C13H20N4O. The maximum atomic E-state index is 12.1. The van der Waals surface area contributed by atoms with Crippen LogP contribution in [0.25, 0.3) is 0 Å². The molecule has 0 bridgehead atoms. The van der Waals surface area contributed by atoms with Crippen LogP contribution in [0.4, 0.5) is 5.82 Å². The number of amides is 1. The number of carbonyl (C=O) groups excluding carboxylic acids is 1.